The van der Waals surface area contributed by atoms with Gasteiger partial charge in [-0.3, -0.25) is 9.69 Å². The maximum atomic E-state index is 11.6. The van der Waals surface area contributed by atoms with Crippen LogP contribution in [0.1, 0.15) is 13.3 Å². The molecule has 0 bridgehead atoms. The normalized spacial score (nSPS) is 22.6. The zero-order chi connectivity index (χ0) is 10.6. The predicted molar refractivity (Wildman–Crippen MR) is 56.9 cm³/mol. The van der Waals surface area contributed by atoms with Crippen LogP contribution in [0.2, 0.25) is 0 Å². The molecule has 0 aromatic heterocycles. The zero-order valence-corrected chi connectivity index (χ0v) is 9.20. The first-order valence-corrected chi connectivity index (χ1v) is 5.33. The molecule has 1 fully saturated rings. The summed E-state index contributed by atoms with van der Waals surface area (Å²) >= 11 is 0. The van der Waals surface area contributed by atoms with E-state index in [0.717, 1.165) is 32.6 Å². The van der Waals surface area contributed by atoms with E-state index in [0.29, 0.717) is 12.5 Å². The van der Waals surface area contributed by atoms with Gasteiger partial charge < -0.3 is 10.6 Å². The highest BCUT2D eigenvalue weighted by Crippen LogP contribution is 2.14. The molecule has 1 aliphatic rings. The molecule has 4 heteroatoms. The van der Waals surface area contributed by atoms with E-state index in [1.165, 1.54) is 0 Å². The molecule has 0 saturated carbocycles. The molecule has 0 aromatic rings. The molecule has 14 heavy (non-hydrogen) atoms. The molecule has 1 saturated heterocycles. The number of hydrogen-bond acceptors (Lipinski definition) is 3. The maximum absolute atomic E-state index is 11.6. The van der Waals surface area contributed by atoms with Crippen LogP contribution in [-0.2, 0) is 4.79 Å². The number of likely N-dealkylation sites (tertiary alicyclic amines) is 1. The van der Waals surface area contributed by atoms with Gasteiger partial charge in [0.05, 0.1) is 6.54 Å². The molecule has 0 aromatic carbocycles. The summed E-state index contributed by atoms with van der Waals surface area (Å²) in [5.41, 5.74) is 5.59. The minimum absolute atomic E-state index is 0.213. The van der Waals surface area contributed by atoms with Crippen molar-refractivity contribution in [3.8, 4) is 0 Å². The third kappa shape index (κ3) is 2.96. The van der Waals surface area contributed by atoms with E-state index in [4.69, 9.17) is 5.73 Å². The molecule has 1 atom stereocenters. The third-order valence-corrected chi connectivity index (χ3v) is 2.96. The second kappa shape index (κ2) is 5.32. The topological polar surface area (TPSA) is 49.6 Å². The highest BCUT2D eigenvalue weighted by atomic mass is 16.2. The van der Waals surface area contributed by atoms with Gasteiger partial charge in [-0.2, -0.15) is 0 Å². The van der Waals surface area contributed by atoms with Crippen LogP contribution in [-0.4, -0.2) is 55.5 Å². The van der Waals surface area contributed by atoms with Gasteiger partial charge in [-0.05, 0) is 32.4 Å². The lowest BCUT2D eigenvalue weighted by Crippen LogP contribution is -2.37. The quantitative estimate of drug-likeness (QED) is 0.679. The maximum Gasteiger partial charge on any atom is 0.236 e. The average Bonchev–Trinajstić information content (AvgIpc) is 2.64. The minimum atomic E-state index is 0.213. The number of nitrogens with two attached hydrogens (primary N) is 1. The Kier molecular flexibility index (Phi) is 4.35. The summed E-state index contributed by atoms with van der Waals surface area (Å²) in [5, 5.41) is 0. The van der Waals surface area contributed by atoms with Gasteiger partial charge in [-0.25, -0.2) is 0 Å². The molecule has 1 heterocycles. The number of nitrogens with zero attached hydrogens (tertiary/aromatic N) is 2. The molecule has 0 radical (unpaired) electrons. The third-order valence-electron chi connectivity index (χ3n) is 2.96. The van der Waals surface area contributed by atoms with Crippen molar-refractivity contribution in [1.82, 2.24) is 9.80 Å². The molecule has 2 N–H and O–H groups in total. The Balaban J connectivity index is 2.28. The first-order valence-electron chi connectivity index (χ1n) is 5.33. The molecule has 1 aliphatic heterocycles. The van der Waals surface area contributed by atoms with Crippen molar-refractivity contribution in [3.05, 3.63) is 0 Å². The van der Waals surface area contributed by atoms with Gasteiger partial charge in [0.15, 0.2) is 0 Å². The van der Waals surface area contributed by atoms with E-state index in [9.17, 15) is 4.79 Å². The minimum Gasteiger partial charge on any atom is -0.345 e. The lowest BCUT2D eigenvalue weighted by Gasteiger charge is -2.20. The number of carbonyl (C=O) groups excluding carboxylic acids is 1. The van der Waals surface area contributed by atoms with Gasteiger partial charge >= 0.3 is 0 Å². The Hall–Kier alpha value is -0.610. The highest BCUT2D eigenvalue weighted by molar-refractivity contribution is 5.77. The molecule has 82 valence electrons. The number of rotatable bonds is 4. The monoisotopic (exact) mass is 199 g/mol. The van der Waals surface area contributed by atoms with E-state index < -0.39 is 0 Å². The SMILES string of the molecule is CCN(C)C(=O)CN1CCC(CN)C1. The van der Waals surface area contributed by atoms with Gasteiger partial charge in [0, 0.05) is 20.1 Å². The fraction of sp³-hybridized carbons (Fsp3) is 0.900. The molecule has 0 aliphatic carbocycles. The molecular formula is C10H21N3O. The van der Waals surface area contributed by atoms with Crippen molar-refractivity contribution >= 4 is 5.91 Å². The van der Waals surface area contributed by atoms with Crippen molar-refractivity contribution in [1.29, 1.82) is 0 Å². The van der Waals surface area contributed by atoms with Crippen LogP contribution < -0.4 is 5.73 Å². The van der Waals surface area contributed by atoms with Crippen molar-refractivity contribution in [3.63, 3.8) is 0 Å². The van der Waals surface area contributed by atoms with Crippen LogP contribution in [0.15, 0.2) is 0 Å². The van der Waals surface area contributed by atoms with Crippen molar-refractivity contribution < 1.29 is 4.79 Å². The van der Waals surface area contributed by atoms with Crippen LogP contribution >= 0.6 is 0 Å². The summed E-state index contributed by atoms with van der Waals surface area (Å²) in [4.78, 5) is 15.5. The Morgan fingerprint density at radius 1 is 1.64 bits per heavy atom. The molecule has 0 spiro atoms. The van der Waals surface area contributed by atoms with Gasteiger partial charge in [0.1, 0.15) is 0 Å². The number of hydrogen-bond donors (Lipinski definition) is 1. The van der Waals surface area contributed by atoms with E-state index in [-0.39, 0.29) is 5.91 Å². The summed E-state index contributed by atoms with van der Waals surface area (Å²) in [7, 11) is 1.85. The van der Waals surface area contributed by atoms with Crippen LogP contribution in [0, 0.1) is 5.92 Å². The lowest BCUT2D eigenvalue weighted by atomic mass is 10.1. The second-order valence-corrected chi connectivity index (χ2v) is 4.03. The van der Waals surface area contributed by atoms with Gasteiger partial charge in [0.2, 0.25) is 5.91 Å². The fourth-order valence-corrected chi connectivity index (χ4v) is 1.74. The Bertz CT molecular complexity index is 196. The average molecular weight is 199 g/mol. The summed E-state index contributed by atoms with van der Waals surface area (Å²) in [6, 6.07) is 0. The van der Waals surface area contributed by atoms with E-state index >= 15 is 0 Å². The Morgan fingerprint density at radius 2 is 2.36 bits per heavy atom. The molecule has 1 amide bonds. The summed E-state index contributed by atoms with van der Waals surface area (Å²) in [6.45, 7) is 6.08. The summed E-state index contributed by atoms with van der Waals surface area (Å²) < 4.78 is 0. The van der Waals surface area contributed by atoms with Gasteiger partial charge in [-0.15, -0.1) is 0 Å². The van der Waals surface area contributed by atoms with E-state index in [1.54, 1.807) is 4.90 Å². The summed E-state index contributed by atoms with van der Waals surface area (Å²) in [6.07, 6.45) is 1.14. The van der Waals surface area contributed by atoms with Crippen molar-refractivity contribution in [2.75, 3.05) is 39.8 Å². The number of likely N-dealkylation sites (N-methyl/N-ethyl adjacent to an activating group) is 1. The van der Waals surface area contributed by atoms with E-state index in [1.807, 2.05) is 14.0 Å². The first-order chi connectivity index (χ1) is 6.67. The Labute approximate surface area is 86.0 Å². The fourth-order valence-electron chi connectivity index (χ4n) is 1.74. The lowest BCUT2D eigenvalue weighted by molar-refractivity contribution is -0.130. The highest BCUT2D eigenvalue weighted by Gasteiger charge is 2.23. The van der Waals surface area contributed by atoms with Crippen molar-refractivity contribution in [2.24, 2.45) is 11.7 Å². The number of carbonyl (C=O) groups is 1. The van der Waals surface area contributed by atoms with Gasteiger partial charge in [-0.1, -0.05) is 0 Å². The van der Waals surface area contributed by atoms with E-state index in [2.05, 4.69) is 4.90 Å². The smallest absolute Gasteiger partial charge is 0.236 e. The number of amides is 1. The standard InChI is InChI=1S/C10H21N3O/c1-3-12(2)10(14)8-13-5-4-9(6-11)7-13/h9H,3-8,11H2,1-2H3. The summed E-state index contributed by atoms with van der Waals surface area (Å²) in [5.74, 6) is 0.805. The first kappa shape index (κ1) is 11.5. The van der Waals surface area contributed by atoms with Crippen LogP contribution in [0.3, 0.4) is 0 Å². The van der Waals surface area contributed by atoms with Crippen LogP contribution in [0.4, 0.5) is 0 Å². The largest absolute Gasteiger partial charge is 0.345 e. The van der Waals surface area contributed by atoms with Gasteiger partial charge in [0.25, 0.3) is 0 Å². The molecular weight excluding hydrogens is 178 g/mol. The van der Waals surface area contributed by atoms with Crippen LogP contribution in [0.25, 0.3) is 0 Å². The second-order valence-electron chi connectivity index (χ2n) is 4.03. The molecule has 1 rings (SSSR count). The molecule has 1 unspecified atom stereocenters. The zero-order valence-electron chi connectivity index (χ0n) is 9.20. The van der Waals surface area contributed by atoms with Crippen LogP contribution in [0.5, 0.6) is 0 Å². The molecule has 4 nitrogen and oxygen atoms in total. The Morgan fingerprint density at radius 3 is 2.86 bits per heavy atom. The predicted octanol–water partition coefficient (Wildman–Crippen LogP) is -0.255. The van der Waals surface area contributed by atoms with Crippen molar-refractivity contribution in [2.45, 2.75) is 13.3 Å².